The molecule has 1 saturated carbocycles. The molecule has 2 aromatic rings. The van der Waals surface area contributed by atoms with Gasteiger partial charge in [0, 0.05) is 25.1 Å². The van der Waals surface area contributed by atoms with Gasteiger partial charge >= 0.3 is 17.7 Å². The summed E-state index contributed by atoms with van der Waals surface area (Å²) in [5.74, 6) is -4.34. The zero-order chi connectivity index (χ0) is 30.4. The van der Waals surface area contributed by atoms with Crippen LogP contribution < -0.4 is 10.4 Å². The zero-order valence-electron chi connectivity index (χ0n) is 23.1. The minimum absolute atomic E-state index is 0.00344. The summed E-state index contributed by atoms with van der Waals surface area (Å²) in [7, 11) is 0. The van der Waals surface area contributed by atoms with Gasteiger partial charge in [-0.2, -0.15) is 13.2 Å². The zero-order valence-corrected chi connectivity index (χ0v) is 23.1. The quantitative estimate of drug-likeness (QED) is 0.490. The lowest BCUT2D eigenvalue weighted by atomic mass is 9.95. The molecule has 3 fully saturated rings. The highest BCUT2D eigenvalue weighted by molar-refractivity contribution is 5.97. The van der Waals surface area contributed by atoms with E-state index in [0.717, 1.165) is 38.2 Å². The Morgan fingerprint density at radius 1 is 1.12 bits per heavy atom. The highest BCUT2D eigenvalue weighted by Crippen LogP contribution is 2.42. The Hall–Kier alpha value is -3.81. The summed E-state index contributed by atoms with van der Waals surface area (Å²) in [6.45, 7) is 3.62. The summed E-state index contributed by atoms with van der Waals surface area (Å²) >= 11 is 0. The van der Waals surface area contributed by atoms with Crippen molar-refractivity contribution in [3.63, 3.8) is 0 Å². The molecular weight excluding hydrogens is 564 g/mol. The molecule has 2 saturated heterocycles. The number of carbonyl (C=O) groups is 3. The topological polar surface area (TPSA) is 111 Å². The van der Waals surface area contributed by atoms with E-state index in [9.17, 15) is 36.7 Å². The Bertz CT molecular complexity index is 1480. The normalized spacial score (nSPS) is 20.4. The fourth-order valence-corrected chi connectivity index (χ4v) is 5.95. The smallest absolute Gasteiger partial charge is 0.373 e. The van der Waals surface area contributed by atoms with Crippen molar-refractivity contribution in [1.29, 1.82) is 0 Å². The lowest BCUT2D eigenvalue weighted by Crippen LogP contribution is -2.55. The number of nitrogens with zero attached hydrogens (tertiary/aromatic N) is 4. The number of hydrogen-bond acceptors (Lipinski definition) is 7. The van der Waals surface area contributed by atoms with Gasteiger partial charge in [0.2, 0.25) is 5.91 Å². The summed E-state index contributed by atoms with van der Waals surface area (Å²) in [6, 6.07) is 3.66. The molecule has 3 heterocycles. The number of amides is 2. The van der Waals surface area contributed by atoms with Crippen LogP contribution in [0.3, 0.4) is 0 Å². The van der Waals surface area contributed by atoms with Gasteiger partial charge in [0.05, 0.1) is 29.5 Å². The summed E-state index contributed by atoms with van der Waals surface area (Å²) < 4.78 is 58.9. The van der Waals surface area contributed by atoms with Crippen LogP contribution in [0.1, 0.15) is 64.8 Å². The first-order chi connectivity index (χ1) is 19.8. The largest absolute Gasteiger partial charge is 0.493 e. The van der Waals surface area contributed by atoms with Gasteiger partial charge in [-0.3, -0.25) is 14.4 Å². The molecule has 2 aliphatic heterocycles. The average Bonchev–Trinajstić information content (AvgIpc) is 3.59. The number of piperazine rings is 1. The van der Waals surface area contributed by atoms with Crippen LogP contribution in [0.2, 0.25) is 0 Å². The van der Waals surface area contributed by atoms with Crippen LogP contribution in [-0.2, 0) is 20.7 Å². The Morgan fingerprint density at radius 3 is 2.50 bits per heavy atom. The van der Waals surface area contributed by atoms with E-state index in [0.29, 0.717) is 24.3 Å². The molecule has 2 amide bonds. The molecule has 42 heavy (non-hydrogen) atoms. The number of aromatic nitrogens is 2. The van der Waals surface area contributed by atoms with Crippen molar-refractivity contribution in [3.8, 4) is 0 Å². The highest BCUT2D eigenvalue weighted by atomic mass is 19.4. The second-order valence-corrected chi connectivity index (χ2v) is 11.1. The van der Waals surface area contributed by atoms with Crippen LogP contribution in [0, 0.1) is 19.7 Å². The van der Waals surface area contributed by atoms with E-state index in [-0.39, 0.29) is 58.7 Å². The summed E-state index contributed by atoms with van der Waals surface area (Å²) in [6.07, 6.45) is -0.495. The maximum absolute atomic E-state index is 14.8. The molecular formula is C28H30F4N4O6. The number of halogens is 4. The Kier molecular flexibility index (Phi) is 7.86. The number of hydrogen-bond donors (Lipinski definition) is 0. The number of ether oxygens (including phenoxy) is 1. The third-order valence-electron chi connectivity index (χ3n) is 8.42. The molecule has 1 unspecified atom stereocenters. The second-order valence-electron chi connectivity index (χ2n) is 11.1. The summed E-state index contributed by atoms with van der Waals surface area (Å²) in [5.41, 5.74) is -0.721. The average molecular weight is 595 g/mol. The van der Waals surface area contributed by atoms with Crippen LogP contribution in [-0.4, -0.2) is 81.6 Å². The van der Waals surface area contributed by atoms with E-state index in [1.807, 2.05) is 0 Å². The molecule has 1 aliphatic carbocycles. The molecule has 0 bridgehead atoms. The number of benzene rings is 1. The van der Waals surface area contributed by atoms with Crippen molar-refractivity contribution in [3.05, 3.63) is 62.3 Å². The van der Waals surface area contributed by atoms with E-state index < -0.39 is 29.4 Å². The molecule has 5 rings (SSSR count). The van der Waals surface area contributed by atoms with E-state index in [1.54, 1.807) is 4.90 Å². The molecule has 14 heteroatoms. The minimum Gasteiger partial charge on any atom is -0.373 e. The maximum Gasteiger partial charge on any atom is 0.493 e. The Labute approximate surface area is 238 Å². The number of carbonyl (C=O) groups excluding carboxylic acids is 3. The van der Waals surface area contributed by atoms with E-state index in [1.165, 1.54) is 30.9 Å². The van der Waals surface area contributed by atoms with Crippen molar-refractivity contribution in [2.24, 2.45) is 0 Å². The van der Waals surface area contributed by atoms with Gasteiger partial charge in [0.25, 0.3) is 5.91 Å². The predicted octanol–water partition coefficient (Wildman–Crippen LogP) is 2.49. The van der Waals surface area contributed by atoms with Gasteiger partial charge in [-0.15, -0.1) is 5.10 Å². The third-order valence-corrected chi connectivity index (χ3v) is 8.42. The fourth-order valence-electron chi connectivity index (χ4n) is 5.95. The summed E-state index contributed by atoms with van der Waals surface area (Å²) in [4.78, 5) is 57.1. The molecule has 1 spiro atoms. The molecule has 0 N–H and O–H groups in total. The van der Waals surface area contributed by atoms with Gasteiger partial charge in [0.15, 0.2) is 0 Å². The summed E-state index contributed by atoms with van der Waals surface area (Å²) in [5, 5.41) is 3.76. The van der Waals surface area contributed by atoms with Crippen LogP contribution in [0.5, 0.6) is 0 Å². The lowest BCUT2D eigenvalue weighted by molar-refractivity contribution is -0.202. The Balaban J connectivity index is 1.30. The molecule has 3 aliphatic rings. The molecule has 1 aromatic heterocycles. The van der Waals surface area contributed by atoms with Crippen LogP contribution in [0.15, 0.2) is 23.0 Å². The molecule has 10 nitrogen and oxygen atoms in total. The SMILES string of the molecule is Cc1c(Cc2ccc(F)c(C(=O)N3CCN(C4COC5(CCCC5)C4)C(=O)C3)c2)nn(OC(=O)C(F)(F)F)c(=O)c1C. The van der Waals surface area contributed by atoms with Crippen LogP contribution in [0.25, 0.3) is 0 Å². The fraction of sp³-hybridized carbons (Fsp3) is 0.536. The molecule has 1 aromatic carbocycles. The van der Waals surface area contributed by atoms with Crippen molar-refractivity contribution in [2.75, 3.05) is 26.2 Å². The van der Waals surface area contributed by atoms with Gasteiger partial charge in [-0.25, -0.2) is 9.18 Å². The standard InChI is InChI=1S/C28H30F4N4O6/c1-16-17(2)24(38)36(42-26(40)28(30,31)32)33-22(16)12-18-5-6-21(29)20(11-18)25(39)34-9-10-35(23(37)14-34)19-13-27(41-15-19)7-3-4-8-27/h5-6,11,19H,3-4,7-10,12-15H2,1-2H3. The van der Waals surface area contributed by atoms with Crippen LogP contribution >= 0.6 is 0 Å². The first-order valence-electron chi connectivity index (χ1n) is 13.7. The maximum atomic E-state index is 14.8. The number of alkyl halides is 3. The lowest BCUT2D eigenvalue weighted by Gasteiger charge is -2.37. The number of rotatable bonds is 5. The molecule has 226 valence electrons. The first-order valence-corrected chi connectivity index (χ1v) is 13.7. The van der Waals surface area contributed by atoms with Crippen molar-refractivity contribution < 1.29 is 41.5 Å². The third kappa shape index (κ3) is 5.76. The van der Waals surface area contributed by atoms with E-state index in [2.05, 4.69) is 9.94 Å². The van der Waals surface area contributed by atoms with Gasteiger partial charge in [-0.1, -0.05) is 18.9 Å². The highest BCUT2D eigenvalue weighted by Gasteiger charge is 2.46. The van der Waals surface area contributed by atoms with Crippen molar-refractivity contribution in [1.82, 2.24) is 19.7 Å². The Morgan fingerprint density at radius 2 is 1.83 bits per heavy atom. The second kappa shape index (κ2) is 11.1. The minimum atomic E-state index is -5.35. The van der Waals surface area contributed by atoms with E-state index in [4.69, 9.17) is 4.74 Å². The van der Waals surface area contributed by atoms with Gasteiger partial charge in [-0.05, 0) is 61.2 Å². The first kappa shape index (κ1) is 29.7. The monoisotopic (exact) mass is 594 g/mol. The molecule has 0 radical (unpaired) electrons. The van der Waals surface area contributed by atoms with Crippen molar-refractivity contribution in [2.45, 2.75) is 70.2 Å². The van der Waals surface area contributed by atoms with Crippen LogP contribution in [0.4, 0.5) is 17.6 Å². The van der Waals surface area contributed by atoms with Gasteiger partial charge in [0.1, 0.15) is 12.4 Å². The molecule has 1 atom stereocenters. The van der Waals surface area contributed by atoms with Crippen molar-refractivity contribution >= 4 is 17.8 Å². The van der Waals surface area contributed by atoms with E-state index >= 15 is 0 Å². The predicted molar refractivity (Wildman–Crippen MR) is 138 cm³/mol. The van der Waals surface area contributed by atoms with Gasteiger partial charge < -0.3 is 19.4 Å².